The molecule has 2 aromatic carbocycles. The second kappa shape index (κ2) is 35.2. The molecule has 0 fully saturated rings. The first-order chi connectivity index (χ1) is 35.7. The monoisotopic (exact) mass is 1050 g/mol. The number of aliphatic imine (C=N–C) groups is 3. The number of benzene rings is 2. The van der Waals surface area contributed by atoms with Crippen molar-refractivity contribution in [2.75, 3.05) is 19.6 Å². The van der Waals surface area contributed by atoms with Gasteiger partial charge in [-0.15, -0.1) is 0 Å². The van der Waals surface area contributed by atoms with Gasteiger partial charge in [-0.25, -0.2) is 0 Å². The van der Waals surface area contributed by atoms with Crippen molar-refractivity contribution >= 4 is 65.1 Å². The molecule has 7 atom stereocenters. The highest BCUT2D eigenvalue weighted by Gasteiger charge is 2.33. The average molecular weight is 1050 g/mol. The molecule has 0 aliphatic rings. The van der Waals surface area contributed by atoms with E-state index in [0.29, 0.717) is 24.0 Å². The standard InChI is InChI=1S/C50H81N17O8/c1-4-5-6-7-14-25-40(68)63-35(22-15-26-58-48(52)53)43(71)66-39(30-34-20-12-9-13-21-34)47(75)62-32(3)42(70)64-36(23-16-27-59-49(54)55)44(72)65-37(24-17-28-60-50(56)57)45(73)67-38(29-33-18-10-8-11-19-33)46(74)61-31(2)41(51)69/h8-13,18-21,31-32,35-39H,4-7,14-17,22-30H2,1-3H3,(H2,51,69)(H,61,74)(H,62,75)(H,63,68)(H,64,70)(H,65,72)(H,66,71)(H,67,73)(H4,52,53,58)(H4,54,55,59)(H4,56,57,60)/t31-,32-,35-,36-,37-,38-,39-/m0/s1. The number of carbonyl (C=O) groups is 8. The largest absolute Gasteiger partial charge is 0.370 e. The van der Waals surface area contributed by atoms with Gasteiger partial charge in [0.05, 0.1) is 0 Å². The van der Waals surface area contributed by atoms with Gasteiger partial charge >= 0.3 is 0 Å². The highest BCUT2D eigenvalue weighted by Crippen LogP contribution is 2.11. The highest BCUT2D eigenvalue weighted by atomic mass is 16.2. The van der Waals surface area contributed by atoms with Crippen LogP contribution in [0.3, 0.4) is 0 Å². The first-order valence-corrected chi connectivity index (χ1v) is 25.3. The van der Waals surface area contributed by atoms with Gasteiger partial charge in [0.15, 0.2) is 17.9 Å². The fourth-order valence-corrected chi connectivity index (χ4v) is 7.47. The van der Waals surface area contributed by atoms with E-state index in [1.807, 2.05) is 0 Å². The molecule has 0 aromatic heterocycles. The van der Waals surface area contributed by atoms with Gasteiger partial charge in [0.1, 0.15) is 42.3 Å². The van der Waals surface area contributed by atoms with Crippen molar-refractivity contribution < 1.29 is 38.4 Å². The third-order valence-electron chi connectivity index (χ3n) is 11.6. The van der Waals surface area contributed by atoms with Gasteiger partial charge in [0.25, 0.3) is 0 Å². The van der Waals surface area contributed by atoms with Crippen molar-refractivity contribution in [3.63, 3.8) is 0 Å². The number of unbranched alkanes of at least 4 members (excludes halogenated alkanes) is 4. The Morgan fingerprint density at radius 3 is 1.15 bits per heavy atom. The molecule has 414 valence electrons. The van der Waals surface area contributed by atoms with Crippen LogP contribution in [0, 0.1) is 0 Å². The summed E-state index contributed by atoms with van der Waals surface area (Å²) in [5.41, 5.74) is 39.8. The molecule has 25 nitrogen and oxygen atoms in total. The molecule has 0 radical (unpaired) electrons. The zero-order valence-electron chi connectivity index (χ0n) is 43.5. The topological polar surface area (TPSA) is 440 Å². The number of guanidine groups is 3. The Morgan fingerprint density at radius 2 is 0.760 bits per heavy atom. The van der Waals surface area contributed by atoms with Crippen molar-refractivity contribution in [2.45, 2.75) is 153 Å². The maximum Gasteiger partial charge on any atom is 0.243 e. The highest BCUT2D eigenvalue weighted by molar-refractivity contribution is 5.97. The SMILES string of the molecule is CCCCCCCC(=O)N[C@@H](CCCN=C(N)N)C(=O)N[C@@H](Cc1ccccc1)C(=O)N[C@@H](C)C(=O)N[C@@H](CCCN=C(N)N)C(=O)N[C@@H](CCCN=C(N)N)C(=O)N[C@@H](Cc1ccccc1)C(=O)N[C@@H](C)C(N)=O. The fraction of sp³-hybridized carbons (Fsp3) is 0.540. The predicted molar refractivity (Wildman–Crippen MR) is 287 cm³/mol. The normalized spacial score (nSPS) is 13.5. The van der Waals surface area contributed by atoms with Crippen LogP contribution in [-0.2, 0) is 51.2 Å². The molecule has 0 spiro atoms. The summed E-state index contributed by atoms with van der Waals surface area (Å²) in [6.45, 7) is 5.18. The number of rotatable bonds is 36. The summed E-state index contributed by atoms with van der Waals surface area (Å²) in [7, 11) is 0. The van der Waals surface area contributed by atoms with Crippen molar-refractivity contribution in [3.05, 3.63) is 71.8 Å². The van der Waals surface area contributed by atoms with Crippen molar-refractivity contribution in [1.82, 2.24) is 37.2 Å². The molecule has 0 aliphatic carbocycles. The summed E-state index contributed by atoms with van der Waals surface area (Å²) < 4.78 is 0. The summed E-state index contributed by atoms with van der Waals surface area (Å²) >= 11 is 0. The molecule has 75 heavy (non-hydrogen) atoms. The van der Waals surface area contributed by atoms with Crippen LogP contribution in [0.1, 0.15) is 109 Å². The zero-order valence-corrected chi connectivity index (χ0v) is 43.5. The Morgan fingerprint density at radius 1 is 0.413 bits per heavy atom. The summed E-state index contributed by atoms with van der Waals surface area (Å²) in [5.74, 6) is -6.19. The van der Waals surface area contributed by atoms with Crippen LogP contribution < -0.4 is 77.4 Å². The summed E-state index contributed by atoms with van der Waals surface area (Å²) in [4.78, 5) is 121. The number of nitrogens with two attached hydrogens (primary N) is 7. The van der Waals surface area contributed by atoms with Crippen LogP contribution in [0.5, 0.6) is 0 Å². The van der Waals surface area contributed by atoms with E-state index in [1.165, 1.54) is 13.8 Å². The number of nitrogens with zero attached hydrogens (tertiary/aromatic N) is 3. The van der Waals surface area contributed by atoms with Gasteiger partial charge in [-0.2, -0.15) is 0 Å². The van der Waals surface area contributed by atoms with Crippen molar-refractivity contribution in [1.29, 1.82) is 0 Å². The average Bonchev–Trinajstić information content (AvgIpc) is 3.36. The molecular formula is C50H81N17O8. The molecule has 8 amide bonds. The lowest BCUT2D eigenvalue weighted by Crippen LogP contribution is -2.60. The number of carbonyl (C=O) groups excluding carboxylic acids is 8. The maximum absolute atomic E-state index is 14.3. The first kappa shape index (κ1) is 63.1. The van der Waals surface area contributed by atoms with E-state index in [9.17, 15) is 38.4 Å². The minimum atomic E-state index is -1.34. The Hall–Kier alpha value is -7.99. The smallest absolute Gasteiger partial charge is 0.243 e. The molecule has 2 aromatic rings. The molecule has 21 N–H and O–H groups in total. The molecule has 25 heteroatoms. The molecule has 0 saturated carbocycles. The first-order valence-electron chi connectivity index (χ1n) is 25.3. The van der Waals surface area contributed by atoms with Gasteiger partial charge in [0.2, 0.25) is 47.3 Å². The predicted octanol–water partition coefficient (Wildman–Crippen LogP) is -2.09. The number of hydrogen-bond acceptors (Lipinski definition) is 11. The molecule has 0 bridgehead atoms. The van der Waals surface area contributed by atoms with Crippen LogP contribution >= 0.6 is 0 Å². The van der Waals surface area contributed by atoms with Crippen molar-refractivity contribution in [2.24, 2.45) is 55.1 Å². The minimum absolute atomic E-state index is 0.000653. The Balaban J connectivity index is 2.42. The van der Waals surface area contributed by atoms with E-state index in [2.05, 4.69) is 59.1 Å². The number of primary amides is 1. The molecule has 0 aliphatic heterocycles. The molecule has 0 unspecified atom stereocenters. The number of amides is 8. The van der Waals surface area contributed by atoms with Gasteiger partial charge in [-0.3, -0.25) is 53.3 Å². The molecular weight excluding hydrogens is 967 g/mol. The van der Waals surface area contributed by atoms with E-state index in [1.54, 1.807) is 60.7 Å². The van der Waals surface area contributed by atoms with E-state index >= 15 is 0 Å². The second-order valence-electron chi connectivity index (χ2n) is 18.1. The van der Waals surface area contributed by atoms with Gasteiger partial charge in [-0.05, 0) is 69.9 Å². The third kappa shape index (κ3) is 27.0. The van der Waals surface area contributed by atoms with Crippen LogP contribution in [0.25, 0.3) is 0 Å². The zero-order chi connectivity index (χ0) is 55.7. The van der Waals surface area contributed by atoms with E-state index in [-0.39, 0.29) is 94.8 Å². The summed E-state index contributed by atoms with van der Waals surface area (Å²) in [6.07, 6.45) is 5.50. The lowest BCUT2D eigenvalue weighted by molar-refractivity contribution is -0.135. The molecule has 2 rings (SSSR count). The lowest BCUT2D eigenvalue weighted by Gasteiger charge is -2.27. The Bertz CT molecular complexity index is 2220. The second-order valence-corrected chi connectivity index (χ2v) is 18.1. The summed E-state index contributed by atoms with van der Waals surface area (Å²) in [6, 6.07) is 9.01. The Kier molecular flexibility index (Phi) is 29.6. The number of nitrogens with one attached hydrogen (secondary N) is 7. The molecule has 0 saturated heterocycles. The van der Waals surface area contributed by atoms with Gasteiger partial charge in [-0.1, -0.05) is 93.3 Å². The van der Waals surface area contributed by atoms with Crippen LogP contribution in [0.2, 0.25) is 0 Å². The minimum Gasteiger partial charge on any atom is -0.370 e. The molecule has 0 heterocycles. The van der Waals surface area contributed by atoms with Gasteiger partial charge in [0, 0.05) is 38.9 Å². The summed E-state index contributed by atoms with van der Waals surface area (Å²) in [5, 5.41) is 18.8. The van der Waals surface area contributed by atoms with Crippen LogP contribution in [0.4, 0.5) is 0 Å². The van der Waals surface area contributed by atoms with Crippen molar-refractivity contribution in [3.8, 4) is 0 Å². The Labute approximate surface area is 439 Å². The van der Waals surface area contributed by atoms with E-state index in [4.69, 9.17) is 40.1 Å². The third-order valence-corrected chi connectivity index (χ3v) is 11.6. The van der Waals surface area contributed by atoms with Crippen LogP contribution in [0.15, 0.2) is 75.6 Å². The lowest BCUT2D eigenvalue weighted by atomic mass is 10.0. The number of hydrogen-bond donors (Lipinski definition) is 14. The van der Waals surface area contributed by atoms with E-state index in [0.717, 1.165) is 25.7 Å². The van der Waals surface area contributed by atoms with Gasteiger partial charge < -0.3 is 77.4 Å². The van der Waals surface area contributed by atoms with E-state index < -0.39 is 83.6 Å². The quantitative estimate of drug-likeness (QED) is 0.0198. The van der Waals surface area contributed by atoms with Crippen LogP contribution in [-0.4, -0.2) is 127 Å². The fourth-order valence-electron chi connectivity index (χ4n) is 7.47. The maximum atomic E-state index is 14.3.